The molecule has 10 nitrogen and oxygen atoms in total. The number of rotatable bonds is 11. The normalized spacial score (nSPS) is 24.8. The van der Waals surface area contributed by atoms with Gasteiger partial charge in [-0.2, -0.15) is 5.06 Å². The Morgan fingerprint density at radius 1 is 1.05 bits per heavy atom. The summed E-state index contributed by atoms with van der Waals surface area (Å²) in [6.45, 7) is 2.80. The summed E-state index contributed by atoms with van der Waals surface area (Å²) in [5.74, 6) is 0.0370. The number of carbonyl (C=O) groups is 1. The van der Waals surface area contributed by atoms with Crippen LogP contribution in [0.3, 0.4) is 0 Å². The van der Waals surface area contributed by atoms with Gasteiger partial charge in [-0.3, -0.25) is 4.84 Å². The third-order valence-corrected chi connectivity index (χ3v) is 7.48. The Bertz CT molecular complexity index is 1050. The van der Waals surface area contributed by atoms with Gasteiger partial charge in [-0.05, 0) is 48.9 Å². The molecule has 10 heteroatoms. The number of nitrogens with one attached hydrogen (secondary N) is 1. The molecule has 3 saturated heterocycles. The number of carbonyl (C=O) groups excluding carboxylic acids is 1. The van der Waals surface area contributed by atoms with Gasteiger partial charge in [-0.15, -0.1) is 0 Å². The predicted molar refractivity (Wildman–Crippen MR) is 143 cm³/mol. The van der Waals surface area contributed by atoms with E-state index in [0.29, 0.717) is 45.1 Å². The van der Waals surface area contributed by atoms with Crippen molar-refractivity contribution in [2.45, 2.75) is 62.9 Å². The maximum absolute atomic E-state index is 13.0. The summed E-state index contributed by atoms with van der Waals surface area (Å²) in [5.41, 5.74) is 8.63. The molecule has 0 spiro atoms. The van der Waals surface area contributed by atoms with E-state index in [1.807, 2.05) is 54.6 Å². The van der Waals surface area contributed by atoms with Crippen molar-refractivity contribution in [2.75, 3.05) is 38.7 Å². The summed E-state index contributed by atoms with van der Waals surface area (Å²) in [5, 5.41) is 16.2. The molecule has 1 amide bonds. The number of nitrogens with two attached hydrogens (primary N) is 1. The number of benzene rings is 2. The number of alkyl carbamates (subject to hydrolysis) is 1. The molecule has 3 aliphatic heterocycles. The molecule has 212 valence electrons. The van der Waals surface area contributed by atoms with Crippen LogP contribution < -0.4 is 11.1 Å². The van der Waals surface area contributed by atoms with E-state index in [9.17, 15) is 9.90 Å². The van der Waals surface area contributed by atoms with Crippen LogP contribution in [0.15, 0.2) is 54.6 Å². The SMILES string of the molecule is Nc1cccc(CN(CC(O)C(Cc2ccccc2)NC(=O)OC2COC3OCCC23)OC2CCOCC2)c1. The molecule has 2 aromatic carbocycles. The minimum absolute atomic E-state index is 0.0125. The number of hydroxylamine groups is 2. The number of nitrogen functional groups attached to an aromatic ring is 1. The molecule has 5 rings (SSSR count). The number of aliphatic hydroxyl groups excluding tert-OH is 1. The number of aliphatic hydroxyl groups is 1. The van der Waals surface area contributed by atoms with Crippen LogP contribution in [0.4, 0.5) is 10.5 Å². The van der Waals surface area contributed by atoms with Gasteiger partial charge in [-0.1, -0.05) is 42.5 Å². The Morgan fingerprint density at radius 2 is 1.85 bits per heavy atom. The Morgan fingerprint density at radius 3 is 2.64 bits per heavy atom. The topological polar surface area (TPSA) is 125 Å². The predicted octanol–water partition coefficient (Wildman–Crippen LogP) is 2.64. The average Bonchev–Trinajstić information content (AvgIpc) is 3.55. The Labute approximate surface area is 229 Å². The molecule has 0 aromatic heterocycles. The maximum atomic E-state index is 13.0. The molecule has 0 saturated carbocycles. The van der Waals surface area contributed by atoms with Crippen molar-refractivity contribution in [1.29, 1.82) is 0 Å². The molecule has 0 radical (unpaired) electrons. The summed E-state index contributed by atoms with van der Waals surface area (Å²) in [6, 6.07) is 16.8. The van der Waals surface area contributed by atoms with E-state index in [1.165, 1.54) is 0 Å². The van der Waals surface area contributed by atoms with Crippen molar-refractivity contribution in [3.8, 4) is 0 Å². The van der Waals surface area contributed by atoms with Crippen LogP contribution in [0.5, 0.6) is 0 Å². The highest BCUT2D eigenvalue weighted by Crippen LogP contribution is 2.33. The van der Waals surface area contributed by atoms with Crippen molar-refractivity contribution in [3.63, 3.8) is 0 Å². The van der Waals surface area contributed by atoms with Crippen molar-refractivity contribution in [3.05, 3.63) is 65.7 Å². The Kier molecular flexibility index (Phi) is 9.67. The second-order valence-electron chi connectivity index (χ2n) is 10.5. The van der Waals surface area contributed by atoms with E-state index < -0.39 is 18.2 Å². The zero-order chi connectivity index (χ0) is 27.0. The molecule has 5 atom stereocenters. The van der Waals surface area contributed by atoms with Crippen molar-refractivity contribution >= 4 is 11.8 Å². The van der Waals surface area contributed by atoms with Crippen LogP contribution in [0.1, 0.15) is 30.4 Å². The fraction of sp³-hybridized carbons (Fsp3) is 0.552. The lowest BCUT2D eigenvalue weighted by atomic mass is 10.0. The summed E-state index contributed by atoms with van der Waals surface area (Å²) in [4.78, 5) is 19.4. The van der Waals surface area contributed by atoms with E-state index in [-0.39, 0.29) is 31.0 Å². The Balaban J connectivity index is 1.27. The fourth-order valence-corrected chi connectivity index (χ4v) is 5.39. The van der Waals surface area contributed by atoms with Gasteiger partial charge in [0, 0.05) is 25.4 Å². The van der Waals surface area contributed by atoms with Crippen LogP contribution in [-0.2, 0) is 36.8 Å². The molecular formula is C29H39N3O7. The molecule has 0 bridgehead atoms. The quantitative estimate of drug-likeness (QED) is 0.291. The molecule has 2 aromatic rings. The fourth-order valence-electron chi connectivity index (χ4n) is 5.39. The largest absolute Gasteiger partial charge is 0.443 e. The van der Waals surface area contributed by atoms with Crippen LogP contribution in [0.25, 0.3) is 0 Å². The first-order valence-electron chi connectivity index (χ1n) is 13.8. The number of anilines is 1. The zero-order valence-corrected chi connectivity index (χ0v) is 22.2. The number of hydrogen-bond donors (Lipinski definition) is 3. The first kappa shape index (κ1) is 27.8. The average molecular weight is 542 g/mol. The van der Waals surface area contributed by atoms with Gasteiger partial charge in [0.2, 0.25) is 0 Å². The number of amides is 1. The lowest BCUT2D eigenvalue weighted by Crippen LogP contribution is -2.51. The lowest BCUT2D eigenvalue weighted by molar-refractivity contribution is -0.231. The minimum atomic E-state index is -0.943. The van der Waals surface area contributed by atoms with Gasteiger partial charge in [0.1, 0.15) is 6.10 Å². The second-order valence-corrected chi connectivity index (χ2v) is 10.5. The molecule has 0 aliphatic carbocycles. The summed E-state index contributed by atoms with van der Waals surface area (Å²) < 4.78 is 22.4. The Hall–Kier alpha value is -2.73. The zero-order valence-electron chi connectivity index (χ0n) is 22.2. The highest BCUT2D eigenvalue weighted by molar-refractivity contribution is 5.68. The molecule has 5 unspecified atom stereocenters. The molecular weight excluding hydrogens is 502 g/mol. The lowest BCUT2D eigenvalue weighted by Gasteiger charge is -2.33. The number of hydrogen-bond acceptors (Lipinski definition) is 9. The second kappa shape index (κ2) is 13.6. The van der Waals surface area contributed by atoms with Gasteiger partial charge in [0.05, 0.1) is 43.9 Å². The van der Waals surface area contributed by atoms with Crippen molar-refractivity contribution in [2.24, 2.45) is 5.92 Å². The van der Waals surface area contributed by atoms with E-state index >= 15 is 0 Å². The van der Waals surface area contributed by atoms with Gasteiger partial charge < -0.3 is 35.1 Å². The molecule has 3 fully saturated rings. The van der Waals surface area contributed by atoms with E-state index in [0.717, 1.165) is 30.4 Å². The third kappa shape index (κ3) is 7.91. The number of ether oxygens (including phenoxy) is 4. The maximum Gasteiger partial charge on any atom is 0.407 e. The van der Waals surface area contributed by atoms with Crippen LogP contribution in [0, 0.1) is 5.92 Å². The smallest absolute Gasteiger partial charge is 0.407 e. The van der Waals surface area contributed by atoms with E-state index in [1.54, 1.807) is 5.06 Å². The van der Waals surface area contributed by atoms with Crippen LogP contribution >= 0.6 is 0 Å². The van der Waals surface area contributed by atoms with Crippen LogP contribution in [-0.4, -0.2) is 79.9 Å². The number of nitrogens with zero attached hydrogens (tertiary/aromatic N) is 1. The van der Waals surface area contributed by atoms with Gasteiger partial charge >= 0.3 is 6.09 Å². The monoisotopic (exact) mass is 541 g/mol. The highest BCUT2D eigenvalue weighted by Gasteiger charge is 2.44. The highest BCUT2D eigenvalue weighted by atomic mass is 16.7. The van der Waals surface area contributed by atoms with Gasteiger partial charge in [0.25, 0.3) is 0 Å². The van der Waals surface area contributed by atoms with Gasteiger partial charge in [0.15, 0.2) is 6.29 Å². The van der Waals surface area contributed by atoms with Gasteiger partial charge in [-0.25, -0.2) is 4.79 Å². The molecule has 4 N–H and O–H groups in total. The summed E-state index contributed by atoms with van der Waals surface area (Å²) in [7, 11) is 0. The van der Waals surface area contributed by atoms with E-state index in [4.69, 9.17) is 29.5 Å². The molecule has 3 heterocycles. The first-order valence-corrected chi connectivity index (χ1v) is 13.8. The third-order valence-electron chi connectivity index (χ3n) is 7.48. The van der Waals surface area contributed by atoms with Crippen molar-refractivity contribution in [1.82, 2.24) is 10.4 Å². The molecule has 39 heavy (non-hydrogen) atoms. The molecule has 3 aliphatic rings. The summed E-state index contributed by atoms with van der Waals surface area (Å²) in [6.07, 6.45) is 0.554. The van der Waals surface area contributed by atoms with Crippen LogP contribution in [0.2, 0.25) is 0 Å². The minimum Gasteiger partial charge on any atom is -0.443 e. The first-order chi connectivity index (χ1) is 19.0. The standard InChI is InChI=1S/C29H39N3O7/c30-22-8-4-7-21(15-22)17-32(39-23-9-12-35-13-10-23)18-26(33)25(16-20-5-2-1-3-6-20)31-29(34)38-27-19-37-28-24(27)11-14-36-28/h1-8,15,23-28,33H,9-14,16-19,30H2,(H,31,34). The number of fused-ring (bicyclic) bond motifs is 1. The van der Waals surface area contributed by atoms with Crippen molar-refractivity contribution < 1.29 is 33.7 Å². The van der Waals surface area contributed by atoms with E-state index in [2.05, 4.69) is 5.32 Å². The summed E-state index contributed by atoms with van der Waals surface area (Å²) >= 11 is 0.